The zero-order chi connectivity index (χ0) is 19.6. The number of rotatable bonds is 10. The number of carboxylic acid groups (broad SMARTS) is 1. The van der Waals surface area contributed by atoms with E-state index in [2.05, 4.69) is 5.32 Å². The molecule has 0 aliphatic heterocycles. The van der Waals surface area contributed by atoms with Crippen LogP contribution in [0.4, 0.5) is 0 Å². The summed E-state index contributed by atoms with van der Waals surface area (Å²) in [5, 5.41) is 11.2. The first-order valence-electron chi connectivity index (χ1n) is 8.28. The van der Waals surface area contributed by atoms with E-state index in [1.807, 2.05) is 13.8 Å². The Morgan fingerprint density at radius 1 is 1.08 bits per heavy atom. The van der Waals surface area contributed by atoms with Gasteiger partial charge in [-0.15, -0.1) is 0 Å². The van der Waals surface area contributed by atoms with Gasteiger partial charge in [0.25, 0.3) is 0 Å². The molecule has 0 heterocycles. The lowest BCUT2D eigenvalue weighted by molar-refractivity contribution is -0.175. The summed E-state index contributed by atoms with van der Waals surface area (Å²) in [5.74, 6) is -2.74. The monoisotopic (exact) mass is 359 g/mol. The number of nitrogens with one attached hydrogen (secondary N) is 1. The molecule has 0 aliphatic carbocycles. The Morgan fingerprint density at radius 2 is 1.68 bits per heavy atom. The molecule has 8 nitrogen and oxygen atoms in total. The fourth-order valence-corrected chi connectivity index (χ4v) is 1.76. The Balaban J connectivity index is 4.49. The van der Waals surface area contributed by atoms with Crippen LogP contribution >= 0.6 is 0 Å². The lowest BCUT2D eigenvalue weighted by atomic mass is 9.98. The molecule has 0 saturated carbocycles. The van der Waals surface area contributed by atoms with Crippen molar-refractivity contribution in [1.29, 1.82) is 0 Å². The summed E-state index contributed by atoms with van der Waals surface area (Å²) in [7, 11) is 0. The van der Waals surface area contributed by atoms with Crippen molar-refractivity contribution < 1.29 is 33.8 Å². The number of hydrogen-bond acceptors (Lipinski definition) is 6. The van der Waals surface area contributed by atoms with E-state index in [0.29, 0.717) is 12.3 Å². The molecule has 144 valence electrons. The third kappa shape index (κ3) is 11.1. The van der Waals surface area contributed by atoms with Crippen molar-refractivity contribution in [2.45, 2.75) is 66.3 Å². The fraction of sp³-hybridized carbons (Fsp3) is 0.765. The van der Waals surface area contributed by atoms with Crippen LogP contribution in [0.2, 0.25) is 0 Å². The van der Waals surface area contributed by atoms with Crippen molar-refractivity contribution in [3.8, 4) is 0 Å². The molecule has 0 aromatic heterocycles. The van der Waals surface area contributed by atoms with E-state index in [1.165, 1.54) is 0 Å². The average molecular weight is 359 g/mol. The maximum absolute atomic E-state index is 11.9. The van der Waals surface area contributed by atoms with Crippen LogP contribution in [0.5, 0.6) is 0 Å². The third-order valence-electron chi connectivity index (χ3n) is 3.19. The normalized spacial score (nSPS) is 12.4. The van der Waals surface area contributed by atoms with Gasteiger partial charge in [0.1, 0.15) is 6.04 Å². The molecule has 0 aliphatic rings. The Bertz CT molecular complexity index is 480. The highest BCUT2D eigenvalue weighted by Gasteiger charge is 2.27. The smallest absolute Gasteiger partial charge is 0.332 e. The highest BCUT2D eigenvalue weighted by atomic mass is 16.7. The molecule has 1 amide bonds. The topological polar surface area (TPSA) is 119 Å². The van der Waals surface area contributed by atoms with E-state index in [-0.39, 0.29) is 6.42 Å². The Kier molecular flexibility index (Phi) is 9.78. The van der Waals surface area contributed by atoms with Crippen LogP contribution in [-0.2, 0) is 28.7 Å². The van der Waals surface area contributed by atoms with Crippen molar-refractivity contribution in [1.82, 2.24) is 5.32 Å². The second kappa shape index (κ2) is 10.7. The molecule has 0 bridgehead atoms. The van der Waals surface area contributed by atoms with Crippen LogP contribution < -0.4 is 5.32 Å². The van der Waals surface area contributed by atoms with Crippen LogP contribution in [0.25, 0.3) is 0 Å². The summed E-state index contributed by atoms with van der Waals surface area (Å²) in [4.78, 5) is 46.2. The maximum Gasteiger partial charge on any atom is 0.332 e. The standard InChI is InChI=1S/C17H29NO7/c1-11(2)7-6-8-13(19)18-12(9-14(20)21)15(22)24-10-25-16(23)17(3,4)5/h11-12H,6-10H2,1-5H3,(H,18,19)(H,20,21). The highest BCUT2D eigenvalue weighted by Crippen LogP contribution is 2.15. The number of esters is 2. The number of amides is 1. The van der Waals surface area contributed by atoms with Crippen LogP contribution in [-0.4, -0.2) is 41.8 Å². The minimum atomic E-state index is -1.32. The molecule has 0 aromatic rings. The molecular weight excluding hydrogens is 330 g/mol. The molecule has 8 heteroatoms. The maximum atomic E-state index is 11.9. The van der Waals surface area contributed by atoms with Gasteiger partial charge in [-0.05, 0) is 33.1 Å². The zero-order valence-corrected chi connectivity index (χ0v) is 15.6. The largest absolute Gasteiger partial charge is 0.481 e. The second-order valence-electron chi connectivity index (χ2n) is 7.27. The van der Waals surface area contributed by atoms with Gasteiger partial charge in [-0.25, -0.2) is 4.79 Å². The molecule has 2 N–H and O–H groups in total. The number of carbonyl (C=O) groups excluding carboxylic acids is 3. The first-order valence-corrected chi connectivity index (χ1v) is 8.28. The zero-order valence-electron chi connectivity index (χ0n) is 15.6. The van der Waals surface area contributed by atoms with E-state index in [4.69, 9.17) is 14.6 Å². The van der Waals surface area contributed by atoms with Crippen molar-refractivity contribution in [2.24, 2.45) is 11.3 Å². The molecular formula is C17H29NO7. The van der Waals surface area contributed by atoms with Crippen LogP contribution in [0, 0.1) is 11.3 Å². The first-order chi connectivity index (χ1) is 11.4. The number of ether oxygens (including phenoxy) is 2. The minimum absolute atomic E-state index is 0.195. The summed E-state index contributed by atoms with van der Waals surface area (Å²) >= 11 is 0. The summed E-state index contributed by atoms with van der Waals surface area (Å²) in [6.45, 7) is 8.35. The van der Waals surface area contributed by atoms with E-state index in [9.17, 15) is 19.2 Å². The molecule has 25 heavy (non-hydrogen) atoms. The number of aliphatic carboxylic acids is 1. The summed E-state index contributed by atoms with van der Waals surface area (Å²) < 4.78 is 9.54. The molecule has 0 radical (unpaired) electrons. The summed E-state index contributed by atoms with van der Waals surface area (Å²) in [5.41, 5.74) is -0.752. The summed E-state index contributed by atoms with van der Waals surface area (Å²) in [6.07, 6.45) is 1.08. The molecule has 1 unspecified atom stereocenters. The van der Waals surface area contributed by atoms with Gasteiger partial charge >= 0.3 is 17.9 Å². The van der Waals surface area contributed by atoms with E-state index in [1.54, 1.807) is 20.8 Å². The van der Waals surface area contributed by atoms with E-state index >= 15 is 0 Å². The number of carbonyl (C=O) groups is 4. The van der Waals surface area contributed by atoms with Gasteiger partial charge in [-0.2, -0.15) is 0 Å². The molecule has 1 atom stereocenters. The molecule has 0 fully saturated rings. The SMILES string of the molecule is CC(C)CCCC(=O)NC(CC(=O)O)C(=O)OCOC(=O)C(C)(C)C. The van der Waals surface area contributed by atoms with Crippen molar-refractivity contribution in [3.63, 3.8) is 0 Å². The fourth-order valence-electron chi connectivity index (χ4n) is 1.76. The van der Waals surface area contributed by atoms with Crippen molar-refractivity contribution in [2.75, 3.05) is 6.79 Å². The molecule has 0 spiro atoms. The number of carboxylic acids is 1. The molecule has 0 aromatic carbocycles. The Hall–Kier alpha value is -2.12. The second-order valence-corrected chi connectivity index (χ2v) is 7.27. The first kappa shape index (κ1) is 22.9. The van der Waals surface area contributed by atoms with Crippen molar-refractivity contribution in [3.05, 3.63) is 0 Å². The van der Waals surface area contributed by atoms with E-state index in [0.717, 1.165) is 6.42 Å². The van der Waals surface area contributed by atoms with Gasteiger partial charge in [0.2, 0.25) is 12.7 Å². The Morgan fingerprint density at radius 3 is 2.16 bits per heavy atom. The van der Waals surface area contributed by atoms with Gasteiger partial charge in [0.05, 0.1) is 11.8 Å². The van der Waals surface area contributed by atoms with Gasteiger partial charge in [0, 0.05) is 6.42 Å². The Labute approximate surface area is 148 Å². The van der Waals surface area contributed by atoms with Crippen LogP contribution in [0.1, 0.15) is 60.3 Å². The molecule has 0 saturated heterocycles. The van der Waals surface area contributed by atoms with Gasteiger partial charge in [-0.3, -0.25) is 14.4 Å². The molecule has 0 rings (SSSR count). The van der Waals surface area contributed by atoms with E-state index < -0.39 is 48.5 Å². The lowest BCUT2D eigenvalue weighted by Crippen LogP contribution is -2.43. The average Bonchev–Trinajstić information content (AvgIpc) is 2.44. The predicted octanol–water partition coefficient (Wildman–Crippen LogP) is 1.86. The van der Waals surface area contributed by atoms with Gasteiger partial charge < -0.3 is 19.9 Å². The lowest BCUT2D eigenvalue weighted by Gasteiger charge is -2.18. The highest BCUT2D eigenvalue weighted by molar-refractivity contribution is 5.87. The van der Waals surface area contributed by atoms with Crippen LogP contribution in [0.15, 0.2) is 0 Å². The van der Waals surface area contributed by atoms with Gasteiger partial charge in [0.15, 0.2) is 0 Å². The quantitative estimate of drug-likeness (QED) is 0.451. The van der Waals surface area contributed by atoms with Crippen molar-refractivity contribution >= 4 is 23.8 Å². The predicted molar refractivity (Wildman–Crippen MR) is 89.4 cm³/mol. The summed E-state index contributed by atoms with van der Waals surface area (Å²) in [6, 6.07) is -1.32. The van der Waals surface area contributed by atoms with Gasteiger partial charge in [-0.1, -0.05) is 20.3 Å². The number of hydrogen-bond donors (Lipinski definition) is 2. The van der Waals surface area contributed by atoms with Crippen LogP contribution in [0.3, 0.4) is 0 Å². The minimum Gasteiger partial charge on any atom is -0.481 e. The third-order valence-corrected chi connectivity index (χ3v) is 3.19.